The third kappa shape index (κ3) is 5.20. The first kappa shape index (κ1) is 22.7. The predicted molar refractivity (Wildman–Crippen MR) is 124 cm³/mol. The van der Waals surface area contributed by atoms with Gasteiger partial charge in [-0.3, -0.25) is 14.5 Å². The topological polar surface area (TPSA) is 55.8 Å². The lowest BCUT2D eigenvalue weighted by Gasteiger charge is -2.14. The van der Waals surface area contributed by atoms with Crippen LogP contribution in [0.4, 0.5) is 4.79 Å². The molecule has 30 heavy (non-hydrogen) atoms. The number of nitrogens with zero attached hydrogens (tertiary/aromatic N) is 1. The number of rotatable bonds is 8. The van der Waals surface area contributed by atoms with Crippen LogP contribution in [0.1, 0.15) is 30.9 Å². The SMILES string of the molecule is CCCCN1C(=O)S/C(=C\c2cc(Br)c(OCc3ccccc3Cl)c(OC)c2)C1=O. The average Bonchev–Trinajstić information content (AvgIpc) is 2.99. The van der Waals surface area contributed by atoms with Gasteiger partial charge >= 0.3 is 0 Å². The first-order valence-electron chi connectivity index (χ1n) is 9.43. The van der Waals surface area contributed by atoms with Gasteiger partial charge in [-0.15, -0.1) is 0 Å². The Hall–Kier alpha value is -1.96. The zero-order valence-corrected chi connectivity index (χ0v) is 19.8. The second-order valence-electron chi connectivity index (χ2n) is 6.60. The average molecular weight is 511 g/mol. The van der Waals surface area contributed by atoms with Crippen LogP contribution in [-0.2, 0) is 11.4 Å². The summed E-state index contributed by atoms with van der Waals surface area (Å²) in [6.07, 6.45) is 3.41. The van der Waals surface area contributed by atoms with Crippen LogP contribution >= 0.6 is 39.3 Å². The molecule has 0 aliphatic carbocycles. The Labute approximate surface area is 193 Å². The summed E-state index contributed by atoms with van der Waals surface area (Å²) in [5.41, 5.74) is 1.59. The summed E-state index contributed by atoms with van der Waals surface area (Å²) in [5.74, 6) is 0.783. The van der Waals surface area contributed by atoms with Crippen molar-refractivity contribution >= 4 is 56.5 Å². The maximum atomic E-state index is 12.6. The summed E-state index contributed by atoms with van der Waals surface area (Å²) in [7, 11) is 1.55. The molecule has 0 radical (unpaired) electrons. The lowest BCUT2D eigenvalue weighted by molar-refractivity contribution is -0.122. The summed E-state index contributed by atoms with van der Waals surface area (Å²) >= 11 is 10.7. The van der Waals surface area contributed by atoms with Crippen LogP contribution in [0.2, 0.25) is 5.02 Å². The van der Waals surface area contributed by atoms with Crippen LogP contribution in [0, 0.1) is 0 Å². The third-order valence-electron chi connectivity index (χ3n) is 4.49. The maximum Gasteiger partial charge on any atom is 0.293 e. The minimum Gasteiger partial charge on any atom is -0.493 e. The molecule has 2 amide bonds. The van der Waals surface area contributed by atoms with Gasteiger partial charge in [-0.25, -0.2) is 0 Å². The molecule has 0 aromatic heterocycles. The molecular weight excluding hydrogens is 490 g/mol. The van der Waals surface area contributed by atoms with Crippen molar-refractivity contribution in [3.63, 3.8) is 0 Å². The minimum absolute atomic E-state index is 0.231. The van der Waals surface area contributed by atoms with Crippen LogP contribution < -0.4 is 9.47 Å². The summed E-state index contributed by atoms with van der Waals surface area (Å²) in [5, 5.41) is 0.397. The first-order valence-corrected chi connectivity index (χ1v) is 11.4. The van der Waals surface area contributed by atoms with Gasteiger partial charge in [0.25, 0.3) is 11.1 Å². The molecule has 0 saturated carbocycles. The van der Waals surface area contributed by atoms with Crippen molar-refractivity contribution in [1.82, 2.24) is 4.90 Å². The molecule has 2 aromatic rings. The predicted octanol–water partition coefficient (Wildman–Crippen LogP) is 6.53. The number of hydrogen-bond donors (Lipinski definition) is 0. The van der Waals surface area contributed by atoms with Crippen LogP contribution in [-0.4, -0.2) is 29.7 Å². The Morgan fingerprint density at radius 3 is 2.70 bits per heavy atom. The van der Waals surface area contributed by atoms with Crippen LogP contribution in [0.15, 0.2) is 45.8 Å². The van der Waals surface area contributed by atoms with E-state index in [4.69, 9.17) is 21.1 Å². The van der Waals surface area contributed by atoms with E-state index in [0.29, 0.717) is 32.4 Å². The number of carbonyl (C=O) groups is 2. The Balaban J connectivity index is 1.82. The summed E-state index contributed by atoms with van der Waals surface area (Å²) in [6, 6.07) is 11.1. The molecule has 5 nitrogen and oxygen atoms in total. The van der Waals surface area contributed by atoms with Crippen molar-refractivity contribution < 1.29 is 19.1 Å². The Kier molecular flexibility index (Phi) is 7.86. The lowest BCUT2D eigenvalue weighted by atomic mass is 10.1. The van der Waals surface area contributed by atoms with Gasteiger partial charge in [0, 0.05) is 17.1 Å². The van der Waals surface area contributed by atoms with E-state index < -0.39 is 0 Å². The second kappa shape index (κ2) is 10.4. The number of carbonyl (C=O) groups excluding carboxylic acids is 2. The fourth-order valence-electron chi connectivity index (χ4n) is 2.89. The monoisotopic (exact) mass is 509 g/mol. The highest BCUT2D eigenvalue weighted by atomic mass is 79.9. The van der Waals surface area contributed by atoms with Gasteiger partial charge < -0.3 is 9.47 Å². The lowest BCUT2D eigenvalue weighted by Crippen LogP contribution is -2.29. The van der Waals surface area contributed by atoms with Gasteiger partial charge in [0.1, 0.15) is 6.61 Å². The van der Waals surface area contributed by atoms with Crippen molar-refractivity contribution in [2.75, 3.05) is 13.7 Å². The molecule has 158 valence electrons. The van der Waals surface area contributed by atoms with E-state index in [9.17, 15) is 9.59 Å². The first-order chi connectivity index (χ1) is 14.4. The highest BCUT2D eigenvalue weighted by Crippen LogP contribution is 2.39. The normalized spacial score (nSPS) is 15.2. The third-order valence-corrected chi connectivity index (χ3v) is 6.35. The van der Waals surface area contributed by atoms with Gasteiger partial charge in [-0.05, 0) is 64.0 Å². The van der Waals surface area contributed by atoms with Gasteiger partial charge in [0.15, 0.2) is 11.5 Å². The molecule has 3 rings (SSSR count). The molecule has 1 heterocycles. The van der Waals surface area contributed by atoms with Gasteiger partial charge in [-0.1, -0.05) is 43.1 Å². The van der Waals surface area contributed by atoms with Gasteiger partial charge in [0.2, 0.25) is 0 Å². The molecule has 0 bridgehead atoms. The zero-order valence-electron chi connectivity index (χ0n) is 16.6. The van der Waals surface area contributed by atoms with Gasteiger partial charge in [-0.2, -0.15) is 0 Å². The van der Waals surface area contributed by atoms with Crippen molar-refractivity contribution in [3.05, 3.63) is 61.9 Å². The minimum atomic E-state index is -0.257. The summed E-state index contributed by atoms with van der Waals surface area (Å²) in [6.45, 7) is 2.75. The van der Waals surface area contributed by atoms with Crippen molar-refractivity contribution in [2.45, 2.75) is 26.4 Å². The molecule has 1 saturated heterocycles. The molecule has 0 unspecified atom stereocenters. The molecule has 0 spiro atoms. The fraction of sp³-hybridized carbons (Fsp3) is 0.273. The molecule has 0 atom stereocenters. The van der Waals surface area contributed by atoms with Crippen LogP contribution in [0.25, 0.3) is 6.08 Å². The number of hydrogen-bond acceptors (Lipinski definition) is 5. The van der Waals surface area contributed by atoms with E-state index in [-0.39, 0.29) is 17.8 Å². The van der Waals surface area contributed by atoms with E-state index in [1.807, 2.05) is 37.3 Å². The molecule has 1 aliphatic heterocycles. The number of amides is 2. The fourth-order valence-corrected chi connectivity index (χ4v) is 4.52. The second-order valence-corrected chi connectivity index (χ2v) is 8.86. The number of methoxy groups -OCH3 is 1. The van der Waals surface area contributed by atoms with E-state index in [2.05, 4.69) is 15.9 Å². The number of halogens is 2. The highest BCUT2D eigenvalue weighted by molar-refractivity contribution is 9.10. The number of thioether (sulfide) groups is 1. The van der Waals surface area contributed by atoms with E-state index in [0.717, 1.165) is 35.7 Å². The Bertz CT molecular complexity index is 995. The van der Waals surface area contributed by atoms with Crippen LogP contribution in [0.5, 0.6) is 11.5 Å². The Morgan fingerprint density at radius 1 is 1.23 bits per heavy atom. The molecular formula is C22H21BrClNO4S. The quantitative estimate of drug-likeness (QED) is 0.378. The number of ether oxygens (including phenoxy) is 2. The smallest absolute Gasteiger partial charge is 0.293 e. The molecule has 2 aromatic carbocycles. The van der Waals surface area contributed by atoms with Crippen molar-refractivity contribution in [3.8, 4) is 11.5 Å². The number of unbranched alkanes of at least 4 members (excludes halogenated alkanes) is 1. The van der Waals surface area contributed by atoms with E-state index in [1.54, 1.807) is 19.3 Å². The molecule has 1 fully saturated rings. The van der Waals surface area contributed by atoms with Gasteiger partial charge in [0.05, 0.1) is 16.5 Å². The van der Waals surface area contributed by atoms with Crippen molar-refractivity contribution in [1.29, 1.82) is 0 Å². The van der Waals surface area contributed by atoms with Crippen LogP contribution in [0.3, 0.4) is 0 Å². The molecule has 0 N–H and O–H groups in total. The Morgan fingerprint density at radius 2 is 2.00 bits per heavy atom. The number of imide groups is 1. The molecule has 1 aliphatic rings. The molecule has 8 heteroatoms. The number of benzene rings is 2. The summed E-state index contributed by atoms with van der Waals surface area (Å²) < 4.78 is 12.1. The maximum absolute atomic E-state index is 12.6. The van der Waals surface area contributed by atoms with E-state index in [1.165, 1.54) is 4.90 Å². The standard InChI is InChI=1S/C22H21BrClNO4S/c1-3-4-9-25-21(26)19(30-22(25)27)12-14-10-16(23)20(18(11-14)28-2)29-13-15-7-5-6-8-17(15)24/h5-8,10-12H,3-4,9,13H2,1-2H3/b19-12-. The largest absolute Gasteiger partial charge is 0.493 e. The van der Waals surface area contributed by atoms with E-state index >= 15 is 0 Å². The summed E-state index contributed by atoms with van der Waals surface area (Å²) in [4.78, 5) is 26.4. The highest BCUT2D eigenvalue weighted by Gasteiger charge is 2.34. The van der Waals surface area contributed by atoms with Crippen molar-refractivity contribution in [2.24, 2.45) is 0 Å². The zero-order chi connectivity index (χ0) is 21.7.